The molecule has 0 radical (unpaired) electrons. The number of furan rings is 1. The topological polar surface area (TPSA) is 68.5 Å². The third-order valence-corrected chi connectivity index (χ3v) is 3.04. The molecule has 5 nitrogen and oxygen atoms in total. The lowest BCUT2D eigenvalue weighted by Crippen LogP contribution is -2.30. The predicted octanol–water partition coefficient (Wildman–Crippen LogP) is 2.69. The molecule has 2 rings (SSSR count). The van der Waals surface area contributed by atoms with E-state index in [1.54, 1.807) is 32.0 Å². The Morgan fingerprint density at radius 2 is 2.15 bits per heavy atom. The fourth-order valence-corrected chi connectivity index (χ4v) is 2.03. The summed E-state index contributed by atoms with van der Waals surface area (Å²) in [6.45, 7) is 3.55. The molecule has 0 unspecified atom stereocenters. The number of amides is 1. The Hall–Kier alpha value is -2.01. The van der Waals surface area contributed by atoms with Gasteiger partial charge in [0.25, 0.3) is 5.91 Å². The monoisotopic (exact) mass is 295 g/mol. The van der Waals surface area contributed by atoms with E-state index in [1.165, 1.54) is 0 Å². The van der Waals surface area contributed by atoms with E-state index >= 15 is 0 Å². The van der Waals surface area contributed by atoms with Crippen LogP contribution in [0.1, 0.15) is 23.0 Å². The summed E-state index contributed by atoms with van der Waals surface area (Å²) in [7, 11) is 0. The molecule has 0 bridgehead atoms. The largest absolute Gasteiger partial charge is 0.465 e. The van der Waals surface area contributed by atoms with Gasteiger partial charge in [-0.2, -0.15) is 0 Å². The molecule has 0 saturated carbocycles. The first-order valence-corrected chi connectivity index (χ1v) is 6.53. The SMILES string of the molecule is CCOC(=O)CNC(=O)c1oc2ccc(Cl)cc2c1C. The molecule has 0 aliphatic rings. The molecular formula is C14H14ClNO4. The zero-order valence-electron chi connectivity index (χ0n) is 11.2. The quantitative estimate of drug-likeness (QED) is 0.881. The smallest absolute Gasteiger partial charge is 0.325 e. The van der Waals surface area contributed by atoms with Crippen LogP contribution in [0.2, 0.25) is 5.02 Å². The van der Waals surface area contributed by atoms with Crippen molar-refractivity contribution in [3.8, 4) is 0 Å². The van der Waals surface area contributed by atoms with Gasteiger partial charge >= 0.3 is 5.97 Å². The lowest BCUT2D eigenvalue weighted by molar-refractivity contribution is -0.141. The molecular weight excluding hydrogens is 282 g/mol. The van der Waals surface area contributed by atoms with Gasteiger partial charge < -0.3 is 14.5 Å². The van der Waals surface area contributed by atoms with E-state index in [1.807, 2.05) is 0 Å². The third kappa shape index (κ3) is 2.93. The predicted molar refractivity (Wildman–Crippen MR) is 74.9 cm³/mol. The van der Waals surface area contributed by atoms with Crippen molar-refractivity contribution in [3.63, 3.8) is 0 Å². The Morgan fingerprint density at radius 3 is 2.85 bits per heavy atom. The van der Waals surface area contributed by atoms with Crippen molar-refractivity contribution >= 4 is 34.4 Å². The van der Waals surface area contributed by atoms with E-state index in [0.29, 0.717) is 16.2 Å². The van der Waals surface area contributed by atoms with Crippen LogP contribution < -0.4 is 5.32 Å². The summed E-state index contributed by atoms with van der Waals surface area (Å²) in [4.78, 5) is 23.2. The fraction of sp³-hybridized carbons (Fsp3) is 0.286. The van der Waals surface area contributed by atoms with Crippen molar-refractivity contribution in [1.82, 2.24) is 5.32 Å². The highest BCUT2D eigenvalue weighted by molar-refractivity contribution is 6.31. The Kier molecular flexibility index (Phi) is 4.29. The van der Waals surface area contributed by atoms with E-state index in [0.717, 1.165) is 5.39 Å². The van der Waals surface area contributed by atoms with Crippen LogP contribution in [-0.2, 0) is 9.53 Å². The number of esters is 1. The summed E-state index contributed by atoms with van der Waals surface area (Å²) in [5.41, 5.74) is 1.26. The summed E-state index contributed by atoms with van der Waals surface area (Å²) in [5.74, 6) is -0.771. The second-order valence-electron chi connectivity index (χ2n) is 4.18. The molecule has 106 valence electrons. The number of halogens is 1. The van der Waals surface area contributed by atoms with Crippen molar-refractivity contribution in [2.45, 2.75) is 13.8 Å². The average molecular weight is 296 g/mol. The van der Waals surface area contributed by atoms with Crippen molar-refractivity contribution in [3.05, 3.63) is 34.5 Å². The normalized spacial score (nSPS) is 10.6. The maximum absolute atomic E-state index is 12.0. The molecule has 20 heavy (non-hydrogen) atoms. The molecule has 1 N–H and O–H groups in total. The number of benzene rings is 1. The first-order valence-electron chi connectivity index (χ1n) is 6.15. The Labute approximate surface area is 120 Å². The van der Waals surface area contributed by atoms with Crippen molar-refractivity contribution < 1.29 is 18.7 Å². The van der Waals surface area contributed by atoms with Gasteiger partial charge in [0, 0.05) is 16.0 Å². The van der Waals surface area contributed by atoms with Gasteiger partial charge in [-0.15, -0.1) is 0 Å². The standard InChI is InChI=1S/C14H14ClNO4/c1-3-19-12(17)7-16-14(18)13-8(2)10-6-9(15)4-5-11(10)20-13/h4-6H,3,7H2,1-2H3,(H,16,18). The van der Waals surface area contributed by atoms with Gasteiger partial charge in [0.2, 0.25) is 0 Å². The minimum atomic E-state index is -0.488. The van der Waals surface area contributed by atoms with Crippen LogP contribution in [0.15, 0.2) is 22.6 Å². The minimum Gasteiger partial charge on any atom is -0.465 e. The van der Waals surface area contributed by atoms with E-state index in [-0.39, 0.29) is 18.9 Å². The second kappa shape index (κ2) is 5.96. The highest BCUT2D eigenvalue weighted by Gasteiger charge is 2.18. The molecule has 0 aliphatic heterocycles. The summed E-state index contributed by atoms with van der Waals surface area (Å²) in [5, 5.41) is 3.81. The molecule has 1 aromatic carbocycles. The Balaban J connectivity index is 2.18. The summed E-state index contributed by atoms with van der Waals surface area (Å²) in [6, 6.07) is 5.12. The number of carbonyl (C=O) groups excluding carboxylic acids is 2. The van der Waals surface area contributed by atoms with E-state index in [4.69, 9.17) is 20.8 Å². The van der Waals surface area contributed by atoms with Gasteiger partial charge in [-0.3, -0.25) is 9.59 Å². The van der Waals surface area contributed by atoms with Crippen molar-refractivity contribution in [2.75, 3.05) is 13.2 Å². The number of fused-ring (bicyclic) bond motifs is 1. The van der Waals surface area contributed by atoms with Crippen LogP contribution in [-0.4, -0.2) is 25.0 Å². The van der Waals surface area contributed by atoms with Crippen molar-refractivity contribution in [2.24, 2.45) is 0 Å². The fourth-order valence-electron chi connectivity index (χ4n) is 1.85. The number of hydrogen-bond donors (Lipinski definition) is 1. The van der Waals surface area contributed by atoms with Crippen molar-refractivity contribution in [1.29, 1.82) is 0 Å². The van der Waals surface area contributed by atoms with Crippen LogP contribution in [0.25, 0.3) is 11.0 Å². The summed E-state index contributed by atoms with van der Waals surface area (Å²) < 4.78 is 10.2. The Bertz CT molecular complexity index is 662. The number of carbonyl (C=O) groups is 2. The molecule has 0 saturated heterocycles. The maximum atomic E-state index is 12.0. The molecule has 2 aromatic rings. The molecule has 0 fully saturated rings. The lowest BCUT2D eigenvalue weighted by Gasteiger charge is -2.03. The molecule has 0 atom stereocenters. The maximum Gasteiger partial charge on any atom is 0.325 e. The van der Waals surface area contributed by atoms with E-state index < -0.39 is 11.9 Å². The molecule has 6 heteroatoms. The van der Waals surface area contributed by atoms with E-state index in [2.05, 4.69) is 5.32 Å². The number of rotatable bonds is 4. The van der Waals surface area contributed by atoms with Gasteiger partial charge in [-0.1, -0.05) is 11.6 Å². The lowest BCUT2D eigenvalue weighted by atomic mass is 10.1. The molecule has 1 aromatic heterocycles. The first-order chi connectivity index (χ1) is 9.52. The van der Waals surface area contributed by atoms with Crippen LogP contribution in [0.5, 0.6) is 0 Å². The van der Waals surface area contributed by atoms with Crippen LogP contribution in [0.4, 0.5) is 0 Å². The van der Waals surface area contributed by atoms with E-state index in [9.17, 15) is 9.59 Å². The van der Waals surface area contributed by atoms with Gasteiger partial charge in [-0.25, -0.2) is 0 Å². The molecule has 1 amide bonds. The zero-order chi connectivity index (χ0) is 14.7. The Morgan fingerprint density at radius 1 is 1.40 bits per heavy atom. The second-order valence-corrected chi connectivity index (χ2v) is 4.62. The summed E-state index contributed by atoms with van der Waals surface area (Å²) >= 11 is 5.91. The molecule has 0 spiro atoms. The van der Waals surface area contributed by atoms with Gasteiger partial charge in [0.1, 0.15) is 12.1 Å². The number of ether oxygens (including phenoxy) is 1. The molecule has 0 aliphatic carbocycles. The van der Waals surface area contributed by atoms with Crippen LogP contribution in [0.3, 0.4) is 0 Å². The highest BCUT2D eigenvalue weighted by Crippen LogP contribution is 2.27. The third-order valence-electron chi connectivity index (χ3n) is 2.80. The highest BCUT2D eigenvalue weighted by atomic mass is 35.5. The van der Waals surface area contributed by atoms with Gasteiger partial charge in [0.05, 0.1) is 6.61 Å². The van der Waals surface area contributed by atoms with Gasteiger partial charge in [0.15, 0.2) is 5.76 Å². The minimum absolute atomic E-state index is 0.173. The van der Waals surface area contributed by atoms with Crippen LogP contribution >= 0.6 is 11.6 Å². The summed E-state index contributed by atoms with van der Waals surface area (Å²) in [6.07, 6.45) is 0. The number of aryl methyl sites for hydroxylation is 1. The first kappa shape index (κ1) is 14.4. The number of hydrogen-bond acceptors (Lipinski definition) is 4. The average Bonchev–Trinajstić information content (AvgIpc) is 2.74. The number of nitrogens with one attached hydrogen (secondary N) is 1. The zero-order valence-corrected chi connectivity index (χ0v) is 11.9. The van der Waals surface area contributed by atoms with Gasteiger partial charge in [-0.05, 0) is 32.0 Å². The molecule has 1 heterocycles. The van der Waals surface area contributed by atoms with Crippen LogP contribution in [0, 0.1) is 6.92 Å².